The molecule has 1 fully saturated rings. The molecule has 2 heteroatoms. The first-order valence-electron chi connectivity index (χ1n) is 6.48. The van der Waals surface area contributed by atoms with Crippen molar-refractivity contribution >= 4 is 5.78 Å². The summed E-state index contributed by atoms with van der Waals surface area (Å²) in [5.41, 5.74) is 1.26. The lowest BCUT2D eigenvalue weighted by atomic mass is 9.92. The van der Waals surface area contributed by atoms with Crippen LogP contribution in [0.3, 0.4) is 0 Å². The minimum absolute atomic E-state index is 0.403. The average Bonchev–Trinajstić information content (AvgIpc) is 2.39. The van der Waals surface area contributed by atoms with E-state index in [0.29, 0.717) is 18.1 Å². The highest BCUT2D eigenvalue weighted by atomic mass is 16.5. The summed E-state index contributed by atoms with van der Waals surface area (Å²) in [6.45, 7) is 1.66. The molecule has 92 valence electrons. The minimum Gasteiger partial charge on any atom is -0.381 e. The highest BCUT2D eigenvalue weighted by Gasteiger charge is 2.16. The fourth-order valence-electron chi connectivity index (χ4n) is 2.30. The number of hydrogen-bond acceptors (Lipinski definition) is 2. The summed E-state index contributed by atoms with van der Waals surface area (Å²) in [6, 6.07) is 10.2. The Hall–Kier alpha value is -1.15. The van der Waals surface area contributed by atoms with Gasteiger partial charge in [0, 0.05) is 26.1 Å². The molecule has 0 aliphatic carbocycles. The maximum absolute atomic E-state index is 11.8. The van der Waals surface area contributed by atoms with Crippen LogP contribution in [0.1, 0.15) is 31.2 Å². The van der Waals surface area contributed by atoms with E-state index in [2.05, 4.69) is 12.1 Å². The van der Waals surface area contributed by atoms with Crippen molar-refractivity contribution in [1.82, 2.24) is 0 Å². The van der Waals surface area contributed by atoms with E-state index >= 15 is 0 Å². The third kappa shape index (κ3) is 4.31. The Balaban J connectivity index is 1.70. The van der Waals surface area contributed by atoms with Crippen LogP contribution in [0.25, 0.3) is 0 Å². The van der Waals surface area contributed by atoms with Crippen LogP contribution < -0.4 is 0 Å². The number of ether oxygens (including phenoxy) is 1. The Kier molecular flexibility index (Phi) is 4.75. The van der Waals surface area contributed by atoms with Crippen LogP contribution >= 0.6 is 0 Å². The Morgan fingerprint density at radius 2 is 1.88 bits per heavy atom. The molecule has 2 nitrogen and oxygen atoms in total. The molecule has 0 aromatic heterocycles. The molecule has 0 saturated carbocycles. The topological polar surface area (TPSA) is 26.3 Å². The minimum atomic E-state index is 0.403. The lowest BCUT2D eigenvalue weighted by Crippen LogP contribution is -2.18. The number of ketones is 1. The van der Waals surface area contributed by atoms with E-state index in [1.807, 2.05) is 18.2 Å². The predicted octanol–water partition coefficient (Wildman–Crippen LogP) is 3.01. The highest BCUT2D eigenvalue weighted by molar-refractivity contribution is 5.78. The van der Waals surface area contributed by atoms with Gasteiger partial charge < -0.3 is 4.74 Å². The monoisotopic (exact) mass is 232 g/mol. The van der Waals surface area contributed by atoms with Crippen LogP contribution in [0.15, 0.2) is 30.3 Å². The van der Waals surface area contributed by atoms with Gasteiger partial charge in [0.15, 0.2) is 0 Å². The molecule has 1 aromatic rings. The third-order valence-corrected chi connectivity index (χ3v) is 3.39. The molecule has 2 rings (SSSR count). The fourth-order valence-corrected chi connectivity index (χ4v) is 2.30. The SMILES string of the molecule is O=C(CCc1ccccc1)CC1CCOCC1. The van der Waals surface area contributed by atoms with E-state index in [4.69, 9.17) is 4.74 Å². The summed E-state index contributed by atoms with van der Waals surface area (Å²) in [7, 11) is 0. The van der Waals surface area contributed by atoms with Crippen LogP contribution in [0.4, 0.5) is 0 Å². The van der Waals surface area contributed by atoms with Gasteiger partial charge in [-0.05, 0) is 30.7 Å². The summed E-state index contributed by atoms with van der Waals surface area (Å²) in [4.78, 5) is 11.8. The van der Waals surface area contributed by atoms with Gasteiger partial charge in [0.05, 0.1) is 0 Å². The van der Waals surface area contributed by atoms with Gasteiger partial charge >= 0.3 is 0 Å². The van der Waals surface area contributed by atoms with E-state index in [-0.39, 0.29) is 0 Å². The molecule has 1 saturated heterocycles. The molecule has 0 radical (unpaired) electrons. The Labute approximate surface area is 103 Å². The van der Waals surface area contributed by atoms with Gasteiger partial charge in [-0.2, -0.15) is 0 Å². The second-order valence-electron chi connectivity index (χ2n) is 4.78. The smallest absolute Gasteiger partial charge is 0.133 e. The van der Waals surface area contributed by atoms with Crippen LogP contribution in [0.2, 0.25) is 0 Å². The molecule has 0 bridgehead atoms. The van der Waals surface area contributed by atoms with Gasteiger partial charge in [-0.1, -0.05) is 30.3 Å². The van der Waals surface area contributed by atoms with Crippen molar-refractivity contribution in [2.24, 2.45) is 5.92 Å². The molecule has 1 aliphatic heterocycles. The van der Waals surface area contributed by atoms with Gasteiger partial charge in [0.2, 0.25) is 0 Å². The molecule has 17 heavy (non-hydrogen) atoms. The average molecular weight is 232 g/mol. The molecule has 1 heterocycles. The van der Waals surface area contributed by atoms with E-state index in [0.717, 1.165) is 38.9 Å². The molecule has 0 unspecified atom stereocenters. The lowest BCUT2D eigenvalue weighted by molar-refractivity contribution is -0.120. The summed E-state index contributed by atoms with van der Waals surface area (Å²) >= 11 is 0. The molecular weight excluding hydrogens is 212 g/mol. The summed E-state index contributed by atoms with van der Waals surface area (Å²) < 4.78 is 5.30. The molecule has 0 spiro atoms. The number of carbonyl (C=O) groups excluding carboxylic acids is 1. The standard InChI is InChI=1S/C15H20O2/c16-15(12-14-8-10-17-11-9-14)7-6-13-4-2-1-3-5-13/h1-5,14H,6-12H2. The first-order valence-corrected chi connectivity index (χ1v) is 6.48. The summed E-state index contributed by atoms with van der Waals surface area (Å²) in [6.07, 6.45) is 4.41. The van der Waals surface area contributed by atoms with Crippen molar-refractivity contribution in [2.75, 3.05) is 13.2 Å². The lowest BCUT2D eigenvalue weighted by Gasteiger charge is -2.21. The summed E-state index contributed by atoms with van der Waals surface area (Å²) in [5.74, 6) is 0.966. The van der Waals surface area contributed by atoms with Crippen molar-refractivity contribution < 1.29 is 9.53 Å². The first kappa shape index (κ1) is 12.3. The maximum atomic E-state index is 11.8. The second kappa shape index (κ2) is 6.55. The number of hydrogen-bond donors (Lipinski definition) is 0. The highest BCUT2D eigenvalue weighted by Crippen LogP contribution is 2.19. The van der Waals surface area contributed by atoms with Gasteiger partial charge in [-0.25, -0.2) is 0 Å². The number of carbonyl (C=O) groups is 1. The molecule has 0 atom stereocenters. The second-order valence-corrected chi connectivity index (χ2v) is 4.78. The largest absolute Gasteiger partial charge is 0.381 e. The van der Waals surface area contributed by atoms with Crippen molar-refractivity contribution in [1.29, 1.82) is 0 Å². The number of benzene rings is 1. The Bertz CT molecular complexity index is 339. The quantitative estimate of drug-likeness (QED) is 0.780. The van der Waals surface area contributed by atoms with E-state index in [9.17, 15) is 4.79 Å². The van der Waals surface area contributed by atoms with Crippen molar-refractivity contribution in [3.05, 3.63) is 35.9 Å². The molecular formula is C15H20O2. The normalized spacial score (nSPS) is 16.9. The van der Waals surface area contributed by atoms with Crippen molar-refractivity contribution in [3.8, 4) is 0 Å². The van der Waals surface area contributed by atoms with Gasteiger partial charge in [-0.3, -0.25) is 4.79 Å². The van der Waals surface area contributed by atoms with Crippen LogP contribution in [-0.4, -0.2) is 19.0 Å². The fraction of sp³-hybridized carbons (Fsp3) is 0.533. The number of aryl methyl sites for hydroxylation is 1. The Morgan fingerprint density at radius 1 is 1.18 bits per heavy atom. The van der Waals surface area contributed by atoms with Crippen molar-refractivity contribution in [2.45, 2.75) is 32.1 Å². The molecule has 1 aromatic carbocycles. The number of Topliss-reactive ketones (excluding diaryl/α,β-unsaturated/α-hetero) is 1. The third-order valence-electron chi connectivity index (χ3n) is 3.39. The van der Waals surface area contributed by atoms with Crippen molar-refractivity contribution in [3.63, 3.8) is 0 Å². The van der Waals surface area contributed by atoms with Gasteiger partial charge in [0.25, 0.3) is 0 Å². The Morgan fingerprint density at radius 3 is 2.59 bits per heavy atom. The zero-order valence-corrected chi connectivity index (χ0v) is 10.2. The summed E-state index contributed by atoms with van der Waals surface area (Å²) in [5, 5.41) is 0. The zero-order valence-electron chi connectivity index (χ0n) is 10.2. The van der Waals surface area contributed by atoms with E-state index < -0.39 is 0 Å². The molecule has 0 N–H and O–H groups in total. The van der Waals surface area contributed by atoms with Crippen LogP contribution in [0.5, 0.6) is 0 Å². The molecule has 1 aliphatic rings. The van der Waals surface area contributed by atoms with Gasteiger partial charge in [-0.15, -0.1) is 0 Å². The predicted molar refractivity (Wildman–Crippen MR) is 67.9 cm³/mol. The van der Waals surface area contributed by atoms with E-state index in [1.165, 1.54) is 5.56 Å². The first-order chi connectivity index (χ1) is 8.34. The zero-order chi connectivity index (χ0) is 11.9. The number of rotatable bonds is 5. The van der Waals surface area contributed by atoms with Crippen LogP contribution in [-0.2, 0) is 16.0 Å². The maximum Gasteiger partial charge on any atom is 0.133 e. The van der Waals surface area contributed by atoms with E-state index in [1.54, 1.807) is 0 Å². The van der Waals surface area contributed by atoms with Crippen LogP contribution in [0, 0.1) is 5.92 Å². The molecule has 0 amide bonds. The van der Waals surface area contributed by atoms with Gasteiger partial charge in [0.1, 0.15) is 5.78 Å².